The summed E-state index contributed by atoms with van der Waals surface area (Å²) in [5.74, 6) is -1.88. The number of rotatable bonds is 3. The number of aliphatic carboxylic acids is 1. The number of hydrogen-bond acceptors (Lipinski definition) is 5. The first-order valence-corrected chi connectivity index (χ1v) is 7.95. The van der Waals surface area contributed by atoms with Crippen LogP contribution in [0.4, 0.5) is 13.2 Å². The van der Waals surface area contributed by atoms with Crippen LogP contribution in [-0.2, 0) is 11.0 Å². The Morgan fingerprint density at radius 1 is 1.19 bits per heavy atom. The molecule has 11 heteroatoms. The van der Waals surface area contributed by atoms with Crippen LogP contribution in [0.2, 0.25) is 0 Å². The lowest BCUT2D eigenvalue weighted by Crippen LogP contribution is -2.50. The number of carbonyl (C=O) groups excluding carboxylic acids is 1. The number of carbonyl (C=O) groups is 2. The molecule has 0 bridgehead atoms. The standard InChI is InChI=1S/C16H15F3N4O4/c17-16(18,19)10-2-1-3-11(8-10)23-9-12(20-21-23)13(24)22-6-4-15(27,5-7-22)14(25)26/h1-3,8-9,27H,4-7H2,(H,25,26). The second-order valence-corrected chi connectivity index (χ2v) is 6.23. The third-order valence-electron chi connectivity index (χ3n) is 4.43. The third-order valence-corrected chi connectivity index (χ3v) is 4.43. The van der Waals surface area contributed by atoms with Gasteiger partial charge in [0, 0.05) is 25.9 Å². The Kier molecular flexibility index (Phi) is 4.64. The summed E-state index contributed by atoms with van der Waals surface area (Å²) < 4.78 is 39.5. The second-order valence-electron chi connectivity index (χ2n) is 6.23. The van der Waals surface area contributed by atoms with Crippen LogP contribution < -0.4 is 0 Å². The third kappa shape index (κ3) is 3.77. The summed E-state index contributed by atoms with van der Waals surface area (Å²) >= 11 is 0. The molecule has 3 rings (SSSR count). The van der Waals surface area contributed by atoms with Crippen molar-refractivity contribution in [2.45, 2.75) is 24.6 Å². The van der Waals surface area contributed by atoms with Gasteiger partial charge in [0.15, 0.2) is 11.3 Å². The number of likely N-dealkylation sites (tertiary alicyclic amines) is 1. The van der Waals surface area contributed by atoms with E-state index in [1.54, 1.807) is 0 Å². The van der Waals surface area contributed by atoms with Crippen LogP contribution in [0.1, 0.15) is 28.9 Å². The topological polar surface area (TPSA) is 109 Å². The molecule has 0 atom stereocenters. The monoisotopic (exact) mass is 384 g/mol. The Hall–Kier alpha value is -2.95. The van der Waals surface area contributed by atoms with Gasteiger partial charge < -0.3 is 15.1 Å². The van der Waals surface area contributed by atoms with Gasteiger partial charge in [-0.25, -0.2) is 9.48 Å². The maximum atomic E-state index is 12.8. The molecular weight excluding hydrogens is 369 g/mol. The van der Waals surface area contributed by atoms with Gasteiger partial charge in [-0.05, 0) is 18.2 Å². The van der Waals surface area contributed by atoms with Crippen molar-refractivity contribution in [3.8, 4) is 5.69 Å². The minimum Gasteiger partial charge on any atom is -0.479 e. The maximum Gasteiger partial charge on any atom is 0.416 e. The van der Waals surface area contributed by atoms with Crippen molar-refractivity contribution in [3.05, 3.63) is 41.7 Å². The van der Waals surface area contributed by atoms with Gasteiger partial charge in [0.1, 0.15) is 0 Å². The number of piperidine rings is 1. The number of amides is 1. The van der Waals surface area contributed by atoms with E-state index in [4.69, 9.17) is 5.11 Å². The lowest BCUT2D eigenvalue weighted by Gasteiger charge is -2.34. The van der Waals surface area contributed by atoms with E-state index < -0.39 is 29.2 Å². The highest BCUT2D eigenvalue weighted by molar-refractivity contribution is 5.92. The Balaban J connectivity index is 1.75. The average molecular weight is 384 g/mol. The molecule has 2 aromatic rings. The first-order valence-electron chi connectivity index (χ1n) is 7.95. The van der Waals surface area contributed by atoms with Crippen LogP contribution in [0.15, 0.2) is 30.5 Å². The second kappa shape index (κ2) is 6.65. The number of halogens is 3. The quantitative estimate of drug-likeness (QED) is 0.827. The molecule has 1 aromatic heterocycles. The number of carboxylic acid groups (broad SMARTS) is 1. The normalized spacial score (nSPS) is 17.0. The van der Waals surface area contributed by atoms with Crippen molar-refractivity contribution >= 4 is 11.9 Å². The van der Waals surface area contributed by atoms with Crippen LogP contribution in [0.3, 0.4) is 0 Å². The molecule has 0 radical (unpaired) electrons. The summed E-state index contributed by atoms with van der Waals surface area (Å²) in [6, 6.07) is 4.42. The number of aromatic nitrogens is 3. The molecule has 0 unspecified atom stereocenters. The number of nitrogens with zero attached hydrogens (tertiary/aromatic N) is 4. The zero-order valence-corrected chi connectivity index (χ0v) is 13.8. The molecule has 1 aliphatic rings. The molecule has 1 saturated heterocycles. The predicted octanol–water partition coefficient (Wildman–Crippen LogP) is 1.34. The summed E-state index contributed by atoms with van der Waals surface area (Å²) in [6.07, 6.45) is -3.56. The van der Waals surface area contributed by atoms with Gasteiger partial charge in [-0.1, -0.05) is 11.3 Å². The SMILES string of the molecule is O=C(c1cn(-c2cccc(C(F)(F)F)c2)nn1)N1CCC(O)(C(=O)O)CC1. The van der Waals surface area contributed by atoms with Gasteiger partial charge in [-0.15, -0.1) is 5.10 Å². The molecule has 1 aliphatic heterocycles. The van der Waals surface area contributed by atoms with Crippen molar-refractivity contribution in [1.29, 1.82) is 0 Å². The molecule has 1 fully saturated rings. The maximum absolute atomic E-state index is 12.8. The molecule has 1 aromatic carbocycles. The molecule has 0 saturated carbocycles. The summed E-state index contributed by atoms with van der Waals surface area (Å²) in [5.41, 5.74) is -2.72. The van der Waals surface area contributed by atoms with E-state index in [1.165, 1.54) is 23.2 Å². The number of benzene rings is 1. The number of alkyl halides is 3. The average Bonchev–Trinajstić information content (AvgIpc) is 3.11. The summed E-state index contributed by atoms with van der Waals surface area (Å²) in [6.45, 7) is 0.0239. The van der Waals surface area contributed by atoms with Gasteiger partial charge in [0.2, 0.25) is 0 Å². The van der Waals surface area contributed by atoms with Crippen molar-refractivity contribution in [3.63, 3.8) is 0 Å². The molecule has 2 N–H and O–H groups in total. The van der Waals surface area contributed by atoms with Gasteiger partial charge in [0.25, 0.3) is 5.91 Å². The Morgan fingerprint density at radius 2 is 1.85 bits per heavy atom. The Morgan fingerprint density at radius 3 is 2.44 bits per heavy atom. The van der Waals surface area contributed by atoms with Crippen molar-refractivity contribution in [2.75, 3.05) is 13.1 Å². The zero-order valence-electron chi connectivity index (χ0n) is 13.8. The van der Waals surface area contributed by atoms with Gasteiger partial charge in [-0.2, -0.15) is 13.2 Å². The molecular formula is C16H15F3N4O4. The van der Waals surface area contributed by atoms with E-state index in [0.717, 1.165) is 16.8 Å². The van der Waals surface area contributed by atoms with Gasteiger partial charge >= 0.3 is 12.1 Å². The van der Waals surface area contributed by atoms with Crippen LogP contribution in [0.5, 0.6) is 0 Å². The highest BCUT2D eigenvalue weighted by Crippen LogP contribution is 2.30. The van der Waals surface area contributed by atoms with Crippen molar-refractivity contribution in [2.24, 2.45) is 0 Å². The first kappa shape index (κ1) is 18.8. The van der Waals surface area contributed by atoms with E-state index in [9.17, 15) is 27.9 Å². The predicted molar refractivity (Wildman–Crippen MR) is 84.1 cm³/mol. The molecule has 0 spiro atoms. The zero-order chi connectivity index (χ0) is 19.8. The number of hydrogen-bond donors (Lipinski definition) is 2. The fourth-order valence-electron chi connectivity index (χ4n) is 2.77. The lowest BCUT2D eigenvalue weighted by molar-refractivity contribution is -0.162. The van der Waals surface area contributed by atoms with Crippen LogP contribution in [0, 0.1) is 0 Å². The van der Waals surface area contributed by atoms with Crippen LogP contribution in [0.25, 0.3) is 5.69 Å². The largest absolute Gasteiger partial charge is 0.479 e. The lowest BCUT2D eigenvalue weighted by atomic mass is 9.91. The van der Waals surface area contributed by atoms with E-state index >= 15 is 0 Å². The highest BCUT2D eigenvalue weighted by Gasteiger charge is 2.40. The van der Waals surface area contributed by atoms with Crippen molar-refractivity contribution in [1.82, 2.24) is 19.9 Å². The molecule has 144 valence electrons. The smallest absolute Gasteiger partial charge is 0.416 e. The van der Waals surface area contributed by atoms with Gasteiger partial charge in [-0.3, -0.25) is 4.79 Å². The van der Waals surface area contributed by atoms with E-state index in [0.29, 0.717) is 0 Å². The van der Waals surface area contributed by atoms with E-state index in [-0.39, 0.29) is 37.3 Å². The molecule has 1 amide bonds. The Bertz CT molecular complexity index is 873. The van der Waals surface area contributed by atoms with Crippen LogP contribution in [-0.4, -0.2) is 60.7 Å². The fraction of sp³-hybridized carbons (Fsp3) is 0.375. The Labute approximate surface area is 150 Å². The summed E-state index contributed by atoms with van der Waals surface area (Å²) in [4.78, 5) is 24.8. The first-order chi connectivity index (χ1) is 12.6. The minimum absolute atomic E-state index is 0.0120. The summed E-state index contributed by atoms with van der Waals surface area (Å²) in [5, 5.41) is 26.3. The summed E-state index contributed by atoms with van der Waals surface area (Å²) in [7, 11) is 0. The van der Waals surface area contributed by atoms with E-state index in [1.807, 2.05) is 0 Å². The number of aliphatic hydroxyl groups is 1. The molecule has 0 aliphatic carbocycles. The van der Waals surface area contributed by atoms with Crippen LogP contribution >= 0.6 is 0 Å². The minimum atomic E-state index is -4.51. The van der Waals surface area contributed by atoms with Gasteiger partial charge in [0.05, 0.1) is 17.4 Å². The highest BCUT2D eigenvalue weighted by atomic mass is 19.4. The molecule has 2 heterocycles. The molecule has 27 heavy (non-hydrogen) atoms. The number of carboxylic acids is 1. The molecule has 8 nitrogen and oxygen atoms in total. The van der Waals surface area contributed by atoms with Crippen molar-refractivity contribution < 1.29 is 33.0 Å². The van der Waals surface area contributed by atoms with E-state index in [2.05, 4.69) is 10.3 Å². The fourth-order valence-corrected chi connectivity index (χ4v) is 2.77.